The number of hydrogen-bond acceptors (Lipinski definition) is 5. The first-order valence-electron chi connectivity index (χ1n) is 7.68. The number of benzene rings is 2. The highest BCUT2D eigenvalue weighted by molar-refractivity contribution is 6.38. The second kappa shape index (κ2) is 7.40. The third-order valence-corrected chi connectivity index (χ3v) is 4.23. The Kier molecular flexibility index (Phi) is 5.20. The Labute approximate surface area is 159 Å². The molecule has 0 amide bonds. The third-order valence-electron chi connectivity index (χ3n) is 3.73. The van der Waals surface area contributed by atoms with Crippen LogP contribution < -0.4 is 10.2 Å². The number of halogens is 2. The average molecular weight is 393 g/mol. The second-order valence-electron chi connectivity index (χ2n) is 5.50. The van der Waals surface area contributed by atoms with Gasteiger partial charge in [0.1, 0.15) is 0 Å². The van der Waals surface area contributed by atoms with Crippen LogP contribution in [-0.2, 0) is 9.53 Å². The number of esters is 1. The number of carbonyl (C=O) groups is 1. The summed E-state index contributed by atoms with van der Waals surface area (Å²) in [6, 6.07) is 11.8. The number of rotatable bonds is 4. The molecular formula is C19H14Cl2O5. The quantitative estimate of drug-likeness (QED) is 0.601. The lowest BCUT2D eigenvalue weighted by molar-refractivity contribution is -0.147. The van der Waals surface area contributed by atoms with Gasteiger partial charge in [-0.1, -0.05) is 53.5 Å². The maximum absolute atomic E-state index is 13.0. The first-order chi connectivity index (χ1) is 12.4. The Morgan fingerprint density at radius 2 is 1.85 bits per heavy atom. The van der Waals surface area contributed by atoms with Crippen molar-refractivity contribution in [3.63, 3.8) is 0 Å². The van der Waals surface area contributed by atoms with E-state index in [2.05, 4.69) is 4.74 Å². The normalized spacial score (nSPS) is 12.0. The van der Waals surface area contributed by atoms with E-state index in [9.17, 15) is 9.59 Å². The molecule has 0 saturated carbocycles. The van der Waals surface area contributed by atoms with Gasteiger partial charge in [-0.15, -0.1) is 0 Å². The Balaban J connectivity index is 2.30. The molecule has 7 heteroatoms. The first-order valence-corrected chi connectivity index (χ1v) is 8.43. The minimum Gasteiger partial charge on any atom is -0.471 e. The topological polar surface area (TPSA) is 65.7 Å². The molecule has 2 aromatic carbocycles. The summed E-state index contributed by atoms with van der Waals surface area (Å²) in [4.78, 5) is 24.7. The summed E-state index contributed by atoms with van der Waals surface area (Å²) in [6.45, 7) is 1.48. The van der Waals surface area contributed by atoms with Gasteiger partial charge >= 0.3 is 5.97 Å². The van der Waals surface area contributed by atoms with Crippen molar-refractivity contribution in [3.8, 4) is 17.1 Å². The molecule has 0 aliphatic rings. The van der Waals surface area contributed by atoms with Crippen molar-refractivity contribution in [2.45, 2.75) is 13.0 Å². The van der Waals surface area contributed by atoms with Gasteiger partial charge in [0, 0.05) is 10.6 Å². The highest BCUT2D eigenvalue weighted by Gasteiger charge is 2.24. The Hall–Kier alpha value is -2.50. The fourth-order valence-electron chi connectivity index (χ4n) is 2.48. The molecule has 5 nitrogen and oxygen atoms in total. The van der Waals surface area contributed by atoms with Gasteiger partial charge in [-0.05, 0) is 19.1 Å². The van der Waals surface area contributed by atoms with Crippen LogP contribution in [0.1, 0.15) is 6.92 Å². The van der Waals surface area contributed by atoms with E-state index < -0.39 is 17.5 Å². The number of methoxy groups -OCH3 is 1. The molecule has 0 spiro atoms. The molecule has 0 aliphatic carbocycles. The SMILES string of the molecule is COC(=O)[C@H](C)Oc1c(-c2ccccc2)oc2c(Cl)cc(Cl)cc2c1=O. The molecule has 3 aromatic rings. The van der Waals surface area contributed by atoms with Gasteiger partial charge < -0.3 is 13.9 Å². The molecule has 1 aromatic heterocycles. The molecule has 1 atom stereocenters. The van der Waals surface area contributed by atoms with Gasteiger partial charge in [0.05, 0.1) is 17.5 Å². The van der Waals surface area contributed by atoms with Crippen LogP contribution in [-0.4, -0.2) is 19.2 Å². The van der Waals surface area contributed by atoms with Crippen molar-refractivity contribution in [3.05, 3.63) is 62.7 Å². The van der Waals surface area contributed by atoms with Gasteiger partial charge in [-0.3, -0.25) is 4.79 Å². The molecule has 0 N–H and O–H groups in total. The Morgan fingerprint density at radius 1 is 1.15 bits per heavy atom. The molecule has 0 unspecified atom stereocenters. The van der Waals surface area contributed by atoms with Crippen LogP contribution in [0.25, 0.3) is 22.3 Å². The molecule has 0 aliphatic heterocycles. The Morgan fingerprint density at radius 3 is 2.50 bits per heavy atom. The van der Waals surface area contributed by atoms with Gasteiger partial charge in [0.2, 0.25) is 11.2 Å². The summed E-state index contributed by atoms with van der Waals surface area (Å²) in [5.74, 6) is -0.560. The number of carbonyl (C=O) groups excluding carboxylic acids is 1. The summed E-state index contributed by atoms with van der Waals surface area (Å²) in [7, 11) is 1.24. The van der Waals surface area contributed by atoms with Crippen molar-refractivity contribution in [2.24, 2.45) is 0 Å². The van der Waals surface area contributed by atoms with Crippen LogP contribution in [0.5, 0.6) is 5.75 Å². The summed E-state index contributed by atoms with van der Waals surface area (Å²) in [5.41, 5.74) is 0.313. The van der Waals surface area contributed by atoms with E-state index in [-0.39, 0.29) is 32.5 Å². The van der Waals surface area contributed by atoms with Crippen molar-refractivity contribution in [2.75, 3.05) is 7.11 Å². The molecular weight excluding hydrogens is 379 g/mol. The van der Waals surface area contributed by atoms with E-state index in [1.54, 1.807) is 24.3 Å². The van der Waals surface area contributed by atoms with Gasteiger partial charge in [0.15, 0.2) is 17.4 Å². The lowest BCUT2D eigenvalue weighted by Gasteiger charge is -2.15. The fraction of sp³-hybridized carbons (Fsp3) is 0.158. The first kappa shape index (κ1) is 18.3. The third kappa shape index (κ3) is 3.41. The zero-order valence-corrected chi connectivity index (χ0v) is 15.4. The standard InChI is InChI=1S/C19H14Cl2O5/c1-10(19(23)24-2)25-18-15(22)13-8-12(20)9-14(21)17(13)26-16(18)11-6-4-3-5-7-11/h3-10H,1-2H3/t10-/m0/s1. The predicted molar refractivity (Wildman–Crippen MR) is 100 cm³/mol. The minimum atomic E-state index is -1.00. The summed E-state index contributed by atoms with van der Waals surface area (Å²) >= 11 is 12.2. The zero-order valence-electron chi connectivity index (χ0n) is 13.9. The molecule has 0 fully saturated rings. The van der Waals surface area contributed by atoms with Gasteiger partial charge in [0.25, 0.3) is 0 Å². The molecule has 0 radical (unpaired) electrons. The average Bonchev–Trinajstić information content (AvgIpc) is 2.64. The van der Waals surface area contributed by atoms with Gasteiger partial charge in [-0.2, -0.15) is 0 Å². The summed E-state index contributed by atoms with van der Waals surface area (Å²) < 4.78 is 16.2. The number of hydrogen-bond donors (Lipinski definition) is 0. The van der Waals surface area contributed by atoms with Crippen LogP contribution in [0, 0.1) is 0 Å². The lowest BCUT2D eigenvalue weighted by atomic mass is 10.1. The van der Waals surface area contributed by atoms with Crippen LogP contribution in [0.3, 0.4) is 0 Å². The highest BCUT2D eigenvalue weighted by atomic mass is 35.5. The highest BCUT2D eigenvalue weighted by Crippen LogP contribution is 2.35. The van der Waals surface area contributed by atoms with Crippen LogP contribution in [0.15, 0.2) is 51.7 Å². The van der Waals surface area contributed by atoms with Crippen molar-refractivity contribution in [1.29, 1.82) is 0 Å². The summed E-state index contributed by atoms with van der Waals surface area (Å²) in [5, 5.41) is 0.651. The minimum absolute atomic E-state index is 0.111. The predicted octanol–water partition coefficient (Wildman–Crippen LogP) is 4.71. The monoisotopic (exact) mass is 392 g/mol. The van der Waals surface area contributed by atoms with Crippen LogP contribution in [0.4, 0.5) is 0 Å². The van der Waals surface area contributed by atoms with Crippen molar-refractivity contribution in [1.82, 2.24) is 0 Å². The lowest BCUT2D eigenvalue weighted by Crippen LogP contribution is -2.27. The van der Waals surface area contributed by atoms with Crippen molar-refractivity contribution < 1.29 is 18.7 Å². The van der Waals surface area contributed by atoms with E-state index >= 15 is 0 Å². The summed E-state index contributed by atoms with van der Waals surface area (Å²) in [6.07, 6.45) is -1.00. The molecule has 1 heterocycles. The number of fused-ring (bicyclic) bond motifs is 1. The Bertz CT molecular complexity index is 1030. The fourth-order valence-corrected chi connectivity index (χ4v) is 3.02. The largest absolute Gasteiger partial charge is 0.471 e. The second-order valence-corrected chi connectivity index (χ2v) is 6.35. The van der Waals surface area contributed by atoms with E-state index in [0.29, 0.717) is 5.56 Å². The number of ether oxygens (including phenoxy) is 2. The molecule has 3 rings (SSSR count). The maximum atomic E-state index is 13.0. The zero-order chi connectivity index (χ0) is 18.8. The van der Waals surface area contributed by atoms with Crippen molar-refractivity contribution >= 4 is 40.1 Å². The van der Waals surface area contributed by atoms with E-state index in [4.69, 9.17) is 32.4 Å². The smallest absolute Gasteiger partial charge is 0.346 e. The molecule has 26 heavy (non-hydrogen) atoms. The van der Waals surface area contributed by atoms with Crippen LogP contribution in [0.2, 0.25) is 10.0 Å². The molecule has 0 saturated heterocycles. The van der Waals surface area contributed by atoms with Crippen LogP contribution >= 0.6 is 23.2 Å². The molecule has 134 valence electrons. The van der Waals surface area contributed by atoms with E-state index in [1.807, 2.05) is 6.07 Å². The maximum Gasteiger partial charge on any atom is 0.346 e. The molecule has 0 bridgehead atoms. The van der Waals surface area contributed by atoms with Gasteiger partial charge in [-0.25, -0.2) is 4.79 Å². The van der Waals surface area contributed by atoms with E-state index in [1.165, 1.54) is 26.2 Å². The van der Waals surface area contributed by atoms with E-state index in [0.717, 1.165) is 0 Å².